The van der Waals surface area contributed by atoms with E-state index in [1.807, 2.05) is 0 Å². The fourth-order valence-electron chi connectivity index (χ4n) is 11.0. The van der Waals surface area contributed by atoms with Crippen molar-refractivity contribution in [3.8, 4) is 50.2 Å². The van der Waals surface area contributed by atoms with Gasteiger partial charge >= 0.3 is 0 Å². The van der Waals surface area contributed by atoms with Gasteiger partial charge in [0.25, 0.3) is 0 Å². The maximum atomic E-state index is 2.53. The van der Waals surface area contributed by atoms with E-state index in [4.69, 9.17) is 0 Å². The second-order valence-electron chi connectivity index (χ2n) is 18.1. The summed E-state index contributed by atoms with van der Waals surface area (Å²) in [5.41, 5.74) is 22.4. The Labute approximate surface area is 364 Å². The molecule has 0 unspecified atom stereocenters. The van der Waals surface area contributed by atoms with Gasteiger partial charge in [0.2, 0.25) is 0 Å². The number of anilines is 3. The largest absolute Gasteiger partial charge is 0.309 e. The predicted molar refractivity (Wildman–Crippen MR) is 261 cm³/mol. The first-order valence-electron chi connectivity index (χ1n) is 21.9. The minimum atomic E-state index is -0.112. The molecule has 62 heavy (non-hydrogen) atoms. The maximum Gasteiger partial charge on any atom is 0.0542 e. The van der Waals surface area contributed by atoms with Gasteiger partial charge in [0.05, 0.1) is 22.4 Å². The summed E-state index contributed by atoms with van der Waals surface area (Å²) in [5, 5.41) is 2.45. The molecule has 2 heteroatoms. The smallest absolute Gasteiger partial charge is 0.0542 e. The van der Waals surface area contributed by atoms with Crippen LogP contribution in [0.2, 0.25) is 0 Å². The molecule has 0 fully saturated rings. The summed E-state index contributed by atoms with van der Waals surface area (Å²) in [7, 11) is 0. The van der Waals surface area contributed by atoms with Crippen LogP contribution in [0.3, 0.4) is 0 Å². The van der Waals surface area contributed by atoms with Crippen LogP contribution in [0.25, 0.3) is 72.0 Å². The molecule has 2 nitrogen and oxygen atoms in total. The molecule has 2 aliphatic carbocycles. The molecule has 0 bridgehead atoms. The molecule has 0 radical (unpaired) electrons. The fourth-order valence-corrected chi connectivity index (χ4v) is 11.0. The van der Waals surface area contributed by atoms with E-state index in [0.717, 1.165) is 22.7 Å². The SMILES string of the molecule is CC1(C)c2ccccc2-c2ccc(-c3ccccc3N(c3ccc4c(c3)c3ccccc3n4-c3ccccc3)c3ccccc3-c3cccc4c3-c3ccccc3C4(C)C)cc21. The maximum absolute atomic E-state index is 2.53. The van der Waals surface area contributed by atoms with Gasteiger partial charge < -0.3 is 9.47 Å². The second-order valence-corrected chi connectivity index (χ2v) is 18.1. The van der Waals surface area contributed by atoms with Gasteiger partial charge in [0.1, 0.15) is 0 Å². The highest BCUT2D eigenvalue weighted by Crippen LogP contribution is 2.55. The molecular formula is C60H46N2. The standard InChI is InChI=1S/C60H46N2/c1-59(2)51-28-14-9-25-48(51)58-47(26-18-29-52(58)59)45-23-11-16-31-55(45)62(41-34-36-57-49(38-41)46-24-12-17-32-56(46)61(57)40-19-6-5-7-20-40)54-30-15-10-21-42(54)39-33-35-44-43-22-8-13-27-50(43)60(3,4)53(44)37-39/h5-38H,1-4H3. The molecule has 296 valence electrons. The highest BCUT2D eigenvalue weighted by Gasteiger charge is 2.38. The summed E-state index contributed by atoms with van der Waals surface area (Å²) in [6, 6.07) is 76.6. The van der Waals surface area contributed by atoms with Crippen LogP contribution in [-0.4, -0.2) is 4.57 Å². The van der Waals surface area contributed by atoms with Crippen molar-refractivity contribution < 1.29 is 0 Å². The zero-order valence-electron chi connectivity index (χ0n) is 35.5. The number of rotatable bonds is 6. The molecule has 0 atom stereocenters. The molecule has 10 aromatic rings. The Morgan fingerprint density at radius 3 is 1.69 bits per heavy atom. The van der Waals surface area contributed by atoms with Gasteiger partial charge in [-0.2, -0.15) is 0 Å². The third kappa shape index (κ3) is 5.23. The van der Waals surface area contributed by atoms with Crippen LogP contribution in [0.15, 0.2) is 206 Å². The topological polar surface area (TPSA) is 8.17 Å². The minimum absolute atomic E-state index is 0.109. The van der Waals surface area contributed by atoms with E-state index in [0.29, 0.717) is 0 Å². The first kappa shape index (κ1) is 36.4. The predicted octanol–water partition coefficient (Wildman–Crippen LogP) is 16.2. The third-order valence-electron chi connectivity index (χ3n) is 14.0. The Morgan fingerprint density at radius 2 is 0.903 bits per heavy atom. The van der Waals surface area contributed by atoms with Gasteiger partial charge in [0, 0.05) is 44.1 Å². The van der Waals surface area contributed by atoms with Crippen molar-refractivity contribution in [1.82, 2.24) is 4.57 Å². The van der Waals surface area contributed by atoms with Crippen molar-refractivity contribution in [2.45, 2.75) is 38.5 Å². The Balaban J connectivity index is 1.12. The van der Waals surface area contributed by atoms with Crippen LogP contribution < -0.4 is 4.90 Å². The number of fused-ring (bicyclic) bond motifs is 9. The number of para-hydroxylation sites is 4. The normalized spacial score (nSPS) is 14.1. The average molecular weight is 795 g/mol. The molecule has 9 aromatic carbocycles. The van der Waals surface area contributed by atoms with Crippen molar-refractivity contribution in [1.29, 1.82) is 0 Å². The summed E-state index contributed by atoms with van der Waals surface area (Å²) >= 11 is 0. The van der Waals surface area contributed by atoms with E-state index in [-0.39, 0.29) is 10.8 Å². The molecule has 1 aromatic heterocycles. The Morgan fingerprint density at radius 1 is 0.355 bits per heavy atom. The molecule has 0 saturated heterocycles. The summed E-state index contributed by atoms with van der Waals surface area (Å²) in [4.78, 5) is 2.53. The number of aromatic nitrogens is 1. The number of nitrogens with zero attached hydrogens (tertiary/aromatic N) is 2. The highest BCUT2D eigenvalue weighted by molar-refractivity contribution is 6.11. The monoisotopic (exact) mass is 794 g/mol. The molecular weight excluding hydrogens is 749 g/mol. The zero-order valence-corrected chi connectivity index (χ0v) is 35.5. The first-order chi connectivity index (χ1) is 30.3. The molecule has 1 heterocycles. The lowest BCUT2D eigenvalue weighted by molar-refractivity contribution is 0.660. The number of hydrogen-bond acceptors (Lipinski definition) is 1. The molecule has 12 rings (SSSR count). The molecule has 0 spiro atoms. The van der Waals surface area contributed by atoms with Crippen molar-refractivity contribution in [3.05, 3.63) is 229 Å². The lowest BCUT2D eigenvalue weighted by atomic mass is 9.81. The Bertz CT molecular complexity index is 3420. The lowest BCUT2D eigenvalue weighted by Crippen LogP contribution is -2.15. The Hall–Kier alpha value is -7.42. The van der Waals surface area contributed by atoms with Gasteiger partial charge in [-0.1, -0.05) is 179 Å². The highest BCUT2D eigenvalue weighted by atomic mass is 15.1. The van der Waals surface area contributed by atoms with Crippen LogP contribution in [0.1, 0.15) is 49.9 Å². The van der Waals surface area contributed by atoms with Gasteiger partial charge in [-0.15, -0.1) is 0 Å². The molecule has 0 aliphatic heterocycles. The van der Waals surface area contributed by atoms with Gasteiger partial charge in [-0.3, -0.25) is 0 Å². The summed E-state index contributed by atoms with van der Waals surface area (Å²) in [6.45, 7) is 9.48. The fraction of sp³-hybridized carbons (Fsp3) is 0.100. The van der Waals surface area contributed by atoms with Crippen LogP contribution in [0.5, 0.6) is 0 Å². The third-order valence-corrected chi connectivity index (χ3v) is 14.0. The van der Waals surface area contributed by atoms with Crippen LogP contribution in [0.4, 0.5) is 17.1 Å². The lowest BCUT2D eigenvalue weighted by Gasteiger charge is -2.31. The van der Waals surface area contributed by atoms with Crippen molar-refractivity contribution in [2.24, 2.45) is 0 Å². The van der Waals surface area contributed by atoms with Crippen molar-refractivity contribution >= 4 is 38.9 Å². The second kappa shape index (κ2) is 13.5. The first-order valence-corrected chi connectivity index (χ1v) is 21.9. The van der Waals surface area contributed by atoms with E-state index in [1.54, 1.807) is 0 Å². The summed E-state index contributed by atoms with van der Waals surface area (Å²) in [6.07, 6.45) is 0. The molecule has 2 aliphatic rings. The van der Waals surface area contributed by atoms with Gasteiger partial charge in [-0.05, 0) is 110 Å². The van der Waals surface area contributed by atoms with Crippen molar-refractivity contribution in [2.75, 3.05) is 4.90 Å². The number of hydrogen-bond donors (Lipinski definition) is 0. The van der Waals surface area contributed by atoms with E-state index in [2.05, 4.69) is 243 Å². The average Bonchev–Trinajstić information content (AvgIpc) is 3.86. The van der Waals surface area contributed by atoms with Crippen LogP contribution in [0, 0.1) is 0 Å². The van der Waals surface area contributed by atoms with E-state index >= 15 is 0 Å². The van der Waals surface area contributed by atoms with Gasteiger partial charge in [0.15, 0.2) is 0 Å². The number of benzene rings is 9. The summed E-state index contributed by atoms with van der Waals surface area (Å²) in [5.74, 6) is 0. The molecule has 0 saturated carbocycles. The van der Waals surface area contributed by atoms with Crippen LogP contribution in [-0.2, 0) is 10.8 Å². The molecule has 0 N–H and O–H groups in total. The van der Waals surface area contributed by atoms with Gasteiger partial charge in [-0.25, -0.2) is 0 Å². The minimum Gasteiger partial charge on any atom is -0.309 e. The van der Waals surface area contributed by atoms with E-state index < -0.39 is 0 Å². The van der Waals surface area contributed by atoms with Crippen LogP contribution >= 0.6 is 0 Å². The summed E-state index contributed by atoms with van der Waals surface area (Å²) < 4.78 is 2.40. The molecule has 0 amide bonds. The zero-order chi connectivity index (χ0) is 41.7. The van der Waals surface area contributed by atoms with Crippen molar-refractivity contribution in [3.63, 3.8) is 0 Å². The van der Waals surface area contributed by atoms with E-state index in [1.165, 1.54) is 88.6 Å². The Kier molecular flexibility index (Phi) is 7.96. The van der Waals surface area contributed by atoms with E-state index in [9.17, 15) is 0 Å². The quantitative estimate of drug-likeness (QED) is 0.163.